The number of aliphatic hydroxyl groups excluding tert-OH is 1. The van der Waals surface area contributed by atoms with E-state index in [0.717, 1.165) is 37.8 Å². The van der Waals surface area contributed by atoms with E-state index in [2.05, 4.69) is 15.3 Å². The van der Waals surface area contributed by atoms with Crippen LogP contribution in [0.25, 0.3) is 0 Å². The van der Waals surface area contributed by atoms with Gasteiger partial charge in [0.1, 0.15) is 10.9 Å². The van der Waals surface area contributed by atoms with E-state index in [4.69, 9.17) is 26.9 Å². The number of aliphatic hydroxyl groups is 1. The molecule has 0 amide bonds. The third kappa shape index (κ3) is 7.47. The summed E-state index contributed by atoms with van der Waals surface area (Å²) in [6.07, 6.45) is 3.79. The number of anilines is 1. The zero-order valence-corrected chi connectivity index (χ0v) is 17.2. The van der Waals surface area contributed by atoms with Crippen molar-refractivity contribution in [1.82, 2.24) is 9.97 Å². The van der Waals surface area contributed by atoms with Gasteiger partial charge in [0.05, 0.1) is 13.2 Å². The maximum atomic E-state index is 13.3. The van der Waals surface area contributed by atoms with Gasteiger partial charge < -0.3 is 15.2 Å². The normalized spacial score (nSPS) is 10.9. The smallest absolute Gasteiger partial charge is 0.256 e. The van der Waals surface area contributed by atoms with Gasteiger partial charge in [-0.25, -0.2) is 13.8 Å². The van der Waals surface area contributed by atoms with Gasteiger partial charge in [0.15, 0.2) is 11.6 Å². The average molecular weight is 443 g/mol. The number of H-pyrrole nitrogens is 1. The van der Waals surface area contributed by atoms with Crippen molar-refractivity contribution in [3.63, 3.8) is 0 Å². The summed E-state index contributed by atoms with van der Waals surface area (Å²) in [5.41, 5.74) is 0.500. The molecule has 0 atom stereocenters. The predicted molar refractivity (Wildman–Crippen MR) is 111 cm³/mol. The van der Waals surface area contributed by atoms with Gasteiger partial charge in [0.25, 0.3) is 5.56 Å². The van der Waals surface area contributed by atoms with E-state index in [1.807, 2.05) is 0 Å². The molecule has 0 aliphatic carbocycles. The first-order chi connectivity index (χ1) is 14.4. The standard InChI is InChI=1S/C20H25ClF2N4O3/c21-18(24)17-14(5-3-1-2-4-9-30-10-8-28)19(29)27-20(26-17)25-12-13-6-7-15(22)16(23)11-13/h6-7,11,24,28H,1-5,8-10,12H2,(H2,25,26,27,29). The Kier molecular flexibility index (Phi) is 9.85. The number of benzene rings is 1. The summed E-state index contributed by atoms with van der Waals surface area (Å²) in [4.78, 5) is 19.3. The number of hydrogen-bond acceptors (Lipinski definition) is 6. The molecule has 0 aliphatic heterocycles. The summed E-state index contributed by atoms with van der Waals surface area (Å²) in [6, 6.07) is 3.48. The second kappa shape index (κ2) is 12.4. The van der Waals surface area contributed by atoms with E-state index >= 15 is 0 Å². The van der Waals surface area contributed by atoms with Crippen molar-refractivity contribution in [2.24, 2.45) is 0 Å². The summed E-state index contributed by atoms with van der Waals surface area (Å²) in [5.74, 6) is -1.81. The topological polar surface area (TPSA) is 111 Å². The van der Waals surface area contributed by atoms with Gasteiger partial charge >= 0.3 is 0 Å². The van der Waals surface area contributed by atoms with Crippen molar-refractivity contribution in [2.75, 3.05) is 25.1 Å². The van der Waals surface area contributed by atoms with Gasteiger partial charge in [-0.2, -0.15) is 0 Å². The Balaban J connectivity index is 1.95. The van der Waals surface area contributed by atoms with E-state index in [-0.39, 0.29) is 30.0 Å². The van der Waals surface area contributed by atoms with Crippen molar-refractivity contribution in [3.05, 3.63) is 57.0 Å². The number of ether oxygens (including phenoxy) is 1. The van der Waals surface area contributed by atoms with Crippen LogP contribution in [0.5, 0.6) is 0 Å². The summed E-state index contributed by atoms with van der Waals surface area (Å²) < 4.78 is 31.5. The van der Waals surface area contributed by atoms with Gasteiger partial charge in [-0.1, -0.05) is 30.5 Å². The van der Waals surface area contributed by atoms with Crippen LogP contribution < -0.4 is 10.9 Å². The SMILES string of the molecule is N=C(Cl)c1nc(NCc2ccc(F)c(F)c2)[nH]c(=O)c1CCCCCCOCCO. The lowest BCUT2D eigenvalue weighted by atomic mass is 10.1. The molecule has 1 aromatic heterocycles. The maximum Gasteiger partial charge on any atom is 0.256 e. The summed E-state index contributed by atoms with van der Waals surface area (Å²) in [6.45, 7) is 1.03. The number of rotatable bonds is 13. The van der Waals surface area contributed by atoms with Gasteiger partial charge in [0, 0.05) is 18.7 Å². The lowest BCUT2D eigenvalue weighted by molar-refractivity contribution is 0.0895. The highest BCUT2D eigenvalue weighted by Crippen LogP contribution is 2.14. The molecule has 0 saturated carbocycles. The van der Waals surface area contributed by atoms with Crippen molar-refractivity contribution < 1.29 is 18.6 Å². The Labute approximate surface area is 178 Å². The fourth-order valence-electron chi connectivity index (χ4n) is 2.86. The third-order valence-corrected chi connectivity index (χ3v) is 4.55. The first-order valence-electron chi connectivity index (χ1n) is 9.66. The summed E-state index contributed by atoms with van der Waals surface area (Å²) in [5, 5.41) is 18.8. The highest BCUT2D eigenvalue weighted by molar-refractivity contribution is 6.68. The molecule has 7 nitrogen and oxygen atoms in total. The Hall–Kier alpha value is -2.36. The molecule has 0 saturated heterocycles. The van der Waals surface area contributed by atoms with E-state index in [9.17, 15) is 13.6 Å². The largest absolute Gasteiger partial charge is 0.394 e. The molecule has 2 aromatic rings. The van der Waals surface area contributed by atoms with Crippen LogP contribution in [-0.4, -0.2) is 40.1 Å². The van der Waals surface area contributed by atoms with Crippen LogP contribution in [0.15, 0.2) is 23.0 Å². The fraction of sp³-hybridized carbons (Fsp3) is 0.450. The molecule has 10 heteroatoms. The number of unbranched alkanes of at least 4 members (excludes halogenated alkanes) is 3. The van der Waals surface area contributed by atoms with Crippen LogP contribution in [-0.2, 0) is 17.7 Å². The van der Waals surface area contributed by atoms with Crippen LogP contribution in [0.2, 0.25) is 0 Å². The van der Waals surface area contributed by atoms with Crippen LogP contribution in [0, 0.1) is 17.0 Å². The minimum absolute atomic E-state index is 0.00851. The molecule has 164 valence electrons. The predicted octanol–water partition coefficient (Wildman–Crippen LogP) is 3.34. The third-order valence-electron chi connectivity index (χ3n) is 4.37. The molecular weight excluding hydrogens is 418 g/mol. The van der Waals surface area contributed by atoms with Gasteiger partial charge in [-0.15, -0.1) is 0 Å². The van der Waals surface area contributed by atoms with E-state index in [1.54, 1.807) is 0 Å². The minimum atomic E-state index is -0.964. The molecule has 30 heavy (non-hydrogen) atoms. The molecule has 2 rings (SSSR count). The van der Waals surface area contributed by atoms with E-state index < -0.39 is 17.2 Å². The molecule has 4 N–H and O–H groups in total. The van der Waals surface area contributed by atoms with Gasteiger partial charge in [-0.05, 0) is 37.0 Å². The first kappa shape index (κ1) is 23.9. The van der Waals surface area contributed by atoms with Crippen LogP contribution in [0.4, 0.5) is 14.7 Å². The summed E-state index contributed by atoms with van der Waals surface area (Å²) in [7, 11) is 0. The van der Waals surface area contributed by atoms with Crippen molar-refractivity contribution in [1.29, 1.82) is 5.41 Å². The molecule has 0 spiro atoms. The monoisotopic (exact) mass is 442 g/mol. The minimum Gasteiger partial charge on any atom is -0.394 e. The highest BCUT2D eigenvalue weighted by atomic mass is 35.5. The molecule has 0 unspecified atom stereocenters. The van der Waals surface area contributed by atoms with E-state index in [0.29, 0.717) is 30.8 Å². The number of hydrogen-bond donors (Lipinski definition) is 4. The van der Waals surface area contributed by atoms with Crippen molar-refractivity contribution in [2.45, 2.75) is 38.6 Å². The van der Waals surface area contributed by atoms with Crippen LogP contribution in [0.3, 0.4) is 0 Å². The fourth-order valence-corrected chi connectivity index (χ4v) is 3.01. The first-order valence-corrected chi connectivity index (χ1v) is 10.0. The Morgan fingerprint density at radius 2 is 1.97 bits per heavy atom. The molecular formula is C20H25ClF2N4O3. The molecule has 1 aromatic carbocycles. The second-order valence-electron chi connectivity index (χ2n) is 6.66. The zero-order valence-electron chi connectivity index (χ0n) is 16.4. The average Bonchev–Trinajstić information content (AvgIpc) is 2.71. The van der Waals surface area contributed by atoms with Crippen molar-refractivity contribution >= 4 is 22.7 Å². The maximum absolute atomic E-state index is 13.3. The van der Waals surface area contributed by atoms with Gasteiger partial charge in [0.2, 0.25) is 5.95 Å². The number of nitrogens with one attached hydrogen (secondary N) is 3. The van der Waals surface area contributed by atoms with Gasteiger partial charge in [-0.3, -0.25) is 15.2 Å². The Morgan fingerprint density at radius 1 is 1.20 bits per heavy atom. The lowest BCUT2D eigenvalue weighted by Crippen LogP contribution is -2.22. The Bertz CT molecular complexity index is 908. The van der Waals surface area contributed by atoms with Crippen LogP contribution in [0.1, 0.15) is 42.5 Å². The summed E-state index contributed by atoms with van der Waals surface area (Å²) >= 11 is 5.83. The lowest BCUT2D eigenvalue weighted by Gasteiger charge is -2.11. The quantitative estimate of drug-likeness (QED) is 0.281. The molecule has 1 heterocycles. The Morgan fingerprint density at radius 3 is 2.67 bits per heavy atom. The zero-order chi connectivity index (χ0) is 21.9. The number of halogens is 3. The molecule has 0 fully saturated rings. The highest BCUT2D eigenvalue weighted by Gasteiger charge is 2.14. The number of aromatic amines is 1. The molecule has 0 bridgehead atoms. The molecule has 0 radical (unpaired) electrons. The number of aromatic nitrogens is 2. The molecule has 0 aliphatic rings. The number of nitrogens with zero attached hydrogens (tertiary/aromatic N) is 1. The van der Waals surface area contributed by atoms with E-state index in [1.165, 1.54) is 6.07 Å². The van der Waals surface area contributed by atoms with Crippen molar-refractivity contribution in [3.8, 4) is 0 Å². The van der Waals surface area contributed by atoms with Crippen LogP contribution >= 0.6 is 11.6 Å². The second-order valence-corrected chi connectivity index (χ2v) is 7.04.